The Morgan fingerprint density at radius 1 is 1.22 bits per heavy atom. The van der Waals surface area contributed by atoms with Gasteiger partial charge in [0.1, 0.15) is 0 Å². The molecule has 3 rings (SSSR count). The van der Waals surface area contributed by atoms with Crippen molar-refractivity contribution < 1.29 is 8.42 Å². The summed E-state index contributed by atoms with van der Waals surface area (Å²) in [5.41, 5.74) is 0. The molecule has 1 aliphatic heterocycles. The first-order valence-electron chi connectivity index (χ1n) is 9.52. The molecule has 2 heterocycles. The molecule has 1 aromatic rings. The summed E-state index contributed by atoms with van der Waals surface area (Å²) in [7, 11) is -1.52. The third-order valence-corrected chi connectivity index (χ3v) is 6.44. The van der Waals surface area contributed by atoms with Crippen LogP contribution in [0.1, 0.15) is 19.3 Å². The van der Waals surface area contributed by atoms with Crippen molar-refractivity contribution in [3.63, 3.8) is 0 Å². The molecule has 27 heavy (non-hydrogen) atoms. The van der Waals surface area contributed by atoms with Crippen LogP contribution >= 0.6 is 0 Å². The average molecular weight is 396 g/mol. The second kappa shape index (κ2) is 9.32. The summed E-state index contributed by atoms with van der Waals surface area (Å²) in [6, 6.07) is 1.81. The molecule has 2 fully saturated rings. The lowest BCUT2D eigenvalue weighted by atomic mass is 9.86. The Morgan fingerprint density at radius 3 is 2.52 bits per heavy atom. The highest BCUT2D eigenvalue weighted by Crippen LogP contribution is 2.25. The fourth-order valence-corrected chi connectivity index (χ4v) is 4.22. The number of guanidine groups is 1. The van der Waals surface area contributed by atoms with Crippen molar-refractivity contribution in [2.24, 2.45) is 10.9 Å². The van der Waals surface area contributed by atoms with E-state index in [0.29, 0.717) is 19.0 Å². The van der Waals surface area contributed by atoms with Crippen molar-refractivity contribution in [3.05, 3.63) is 18.5 Å². The normalized spacial score (nSPS) is 19.1. The van der Waals surface area contributed by atoms with E-state index in [9.17, 15) is 8.42 Å². The number of nitrogens with zero attached hydrogens (tertiary/aromatic N) is 5. The monoisotopic (exact) mass is 395 g/mol. The quantitative estimate of drug-likeness (QED) is 0.491. The fraction of sp³-hybridized carbons (Fsp3) is 0.706. The smallest absolute Gasteiger partial charge is 0.225 e. The summed E-state index contributed by atoms with van der Waals surface area (Å²) in [6.45, 7) is 4.07. The van der Waals surface area contributed by atoms with Gasteiger partial charge in [-0.2, -0.15) is 0 Å². The van der Waals surface area contributed by atoms with Gasteiger partial charge in [0.05, 0.1) is 5.75 Å². The van der Waals surface area contributed by atoms with E-state index >= 15 is 0 Å². The number of rotatable bonds is 7. The summed E-state index contributed by atoms with van der Waals surface area (Å²) in [4.78, 5) is 17.1. The third-order valence-electron chi connectivity index (χ3n) is 5.10. The molecule has 0 unspecified atom stereocenters. The van der Waals surface area contributed by atoms with E-state index in [2.05, 4.69) is 34.8 Å². The zero-order chi connectivity index (χ0) is 19.1. The molecule has 1 aromatic heterocycles. The molecule has 2 N–H and O–H groups in total. The molecule has 2 aliphatic rings. The minimum Gasteiger partial charge on any atom is -0.355 e. The summed E-state index contributed by atoms with van der Waals surface area (Å²) < 4.78 is 26.9. The van der Waals surface area contributed by atoms with Crippen molar-refractivity contribution >= 4 is 21.9 Å². The first-order chi connectivity index (χ1) is 13.1. The zero-order valence-corrected chi connectivity index (χ0v) is 16.7. The van der Waals surface area contributed by atoms with Crippen molar-refractivity contribution in [1.82, 2.24) is 24.9 Å². The first-order valence-corrected chi connectivity index (χ1v) is 11.2. The second-order valence-electron chi connectivity index (χ2n) is 6.96. The number of aromatic nitrogens is 2. The van der Waals surface area contributed by atoms with Gasteiger partial charge in [0, 0.05) is 58.7 Å². The van der Waals surface area contributed by atoms with E-state index in [-0.39, 0.29) is 5.75 Å². The predicted molar refractivity (Wildman–Crippen MR) is 106 cm³/mol. The maximum Gasteiger partial charge on any atom is 0.225 e. The molecule has 0 radical (unpaired) electrons. The van der Waals surface area contributed by atoms with E-state index in [0.717, 1.165) is 50.9 Å². The number of piperazine rings is 1. The minimum atomic E-state index is -3.24. The molecule has 0 spiro atoms. The Bertz CT molecular complexity index is 714. The molecule has 9 nitrogen and oxygen atoms in total. The van der Waals surface area contributed by atoms with Crippen LogP contribution in [0.2, 0.25) is 0 Å². The minimum absolute atomic E-state index is 0.0521. The van der Waals surface area contributed by atoms with Crippen LogP contribution in [0.5, 0.6) is 0 Å². The van der Waals surface area contributed by atoms with Crippen LogP contribution in [0.3, 0.4) is 0 Å². The second-order valence-corrected chi connectivity index (χ2v) is 8.89. The highest BCUT2D eigenvalue weighted by Gasteiger charge is 2.22. The van der Waals surface area contributed by atoms with E-state index in [1.54, 1.807) is 25.5 Å². The van der Waals surface area contributed by atoms with Gasteiger partial charge >= 0.3 is 0 Å². The Balaban J connectivity index is 1.40. The predicted octanol–water partition coefficient (Wildman–Crippen LogP) is -0.106. The van der Waals surface area contributed by atoms with Crippen molar-refractivity contribution in [2.45, 2.75) is 19.3 Å². The van der Waals surface area contributed by atoms with Gasteiger partial charge in [0.25, 0.3) is 0 Å². The topological polar surface area (TPSA) is 103 Å². The largest absolute Gasteiger partial charge is 0.355 e. The third kappa shape index (κ3) is 5.77. The molecule has 1 aliphatic carbocycles. The molecule has 1 saturated heterocycles. The summed E-state index contributed by atoms with van der Waals surface area (Å²) >= 11 is 0. The molecule has 0 aromatic carbocycles. The summed E-state index contributed by atoms with van der Waals surface area (Å²) in [6.07, 6.45) is 6.97. The molecule has 150 valence electrons. The Morgan fingerprint density at radius 2 is 1.93 bits per heavy atom. The average Bonchev–Trinajstić information content (AvgIpc) is 2.65. The molecule has 0 atom stereocenters. The summed E-state index contributed by atoms with van der Waals surface area (Å²) in [5.74, 6) is 2.04. The lowest BCUT2D eigenvalue weighted by Crippen LogP contribution is -2.53. The number of nitrogens with one attached hydrogen (secondary N) is 2. The van der Waals surface area contributed by atoms with Crippen LogP contribution in [0.4, 0.5) is 5.95 Å². The molecule has 1 saturated carbocycles. The van der Waals surface area contributed by atoms with Gasteiger partial charge in [0.2, 0.25) is 16.0 Å². The number of aliphatic imine (C=N–C) groups is 1. The van der Waals surface area contributed by atoms with Crippen molar-refractivity contribution in [3.8, 4) is 0 Å². The van der Waals surface area contributed by atoms with Crippen LogP contribution in [0, 0.1) is 5.92 Å². The molecule has 0 amide bonds. The van der Waals surface area contributed by atoms with E-state index in [1.165, 1.54) is 6.42 Å². The molecular formula is C17H29N7O2S. The van der Waals surface area contributed by atoms with Crippen LogP contribution < -0.4 is 14.9 Å². The zero-order valence-electron chi connectivity index (χ0n) is 15.8. The Labute approximate surface area is 161 Å². The highest BCUT2D eigenvalue weighted by molar-refractivity contribution is 7.89. The maximum absolute atomic E-state index is 12.1. The Kier molecular flexibility index (Phi) is 6.84. The lowest BCUT2D eigenvalue weighted by molar-refractivity contribution is 0.316. The first kappa shape index (κ1) is 19.8. The van der Waals surface area contributed by atoms with Gasteiger partial charge in [-0.15, -0.1) is 0 Å². The number of hydrogen-bond acceptors (Lipinski definition) is 6. The van der Waals surface area contributed by atoms with Gasteiger partial charge in [-0.25, -0.2) is 23.1 Å². The number of sulfonamides is 1. The molecule has 0 bridgehead atoms. The van der Waals surface area contributed by atoms with Crippen LogP contribution in [0.25, 0.3) is 0 Å². The van der Waals surface area contributed by atoms with Crippen LogP contribution in [-0.2, 0) is 10.0 Å². The van der Waals surface area contributed by atoms with E-state index in [4.69, 9.17) is 0 Å². The molecule has 10 heteroatoms. The van der Waals surface area contributed by atoms with Crippen LogP contribution in [-0.4, -0.2) is 81.3 Å². The van der Waals surface area contributed by atoms with E-state index in [1.807, 2.05) is 0 Å². The van der Waals surface area contributed by atoms with E-state index < -0.39 is 10.0 Å². The van der Waals surface area contributed by atoms with Crippen LogP contribution in [0.15, 0.2) is 23.5 Å². The fourth-order valence-electron chi connectivity index (χ4n) is 3.22. The number of anilines is 1. The van der Waals surface area contributed by atoms with Gasteiger partial charge in [-0.1, -0.05) is 6.42 Å². The standard InChI is InChI=1S/C17H29N7O2S/c1-18-16(21-8-13-27(25,26)22-14-15-4-2-5-15)23-9-11-24(12-10-23)17-19-6-3-7-20-17/h3,6-7,15,22H,2,4-5,8-14H2,1H3,(H,18,21). The van der Waals surface area contributed by atoms with Gasteiger partial charge in [-0.3, -0.25) is 4.99 Å². The van der Waals surface area contributed by atoms with Gasteiger partial charge in [-0.05, 0) is 24.8 Å². The lowest BCUT2D eigenvalue weighted by Gasteiger charge is -2.36. The Hall–Kier alpha value is -1.94. The highest BCUT2D eigenvalue weighted by atomic mass is 32.2. The SMILES string of the molecule is CN=C(NCCS(=O)(=O)NCC1CCC1)N1CCN(c2ncccn2)CC1. The number of hydrogen-bond donors (Lipinski definition) is 2. The van der Waals surface area contributed by atoms with Crippen molar-refractivity contribution in [1.29, 1.82) is 0 Å². The van der Waals surface area contributed by atoms with Gasteiger partial charge < -0.3 is 15.1 Å². The maximum atomic E-state index is 12.1. The van der Waals surface area contributed by atoms with Crippen molar-refractivity contribution in [2.75, 3.05) is 57.0 Å². The summed E-state index contributed by atoms with van der Waals surface area (Å²) in [5, 5.41) is 3.17. The molecular weight excluding hydrogens is 366 g/mol. The van der Waals surface area contributed by atoms with Gasteiger partial charge in [0.15, 0.2) is 5.96 Å².